The number of piperazine rings is 1. The number of halogens is 1. The molecule has 0 spiro atoms. The molecule has 0 aromatic carbocycles. The molecule has 4 heterocycles. The van der Waals surface area contributed by atoms with E-state index < -0.39 is 5.95 Å². The normalized spacial score (nSPS) is 14.7. The number of carbonyl (C=O) groups is 1. The Morgan fingerprint density at radius 1 is 1.19 bits per heavy atom. The van der Waals surface area contributed by atoms with Gasteiger partial charge in [-0.05, 0) is 38.0 Å². The summed E-state index contributed by atoms with van der Waals surface area (Å²) in [5, 5.41) is 13.8. The van der Waals surface area contributed by atoms with E-state index in [0.29, 0.717) is 29.5 Å². The van der Waals surface area contributed by atoms with E-state index in [2.05, 4.69) is 30.7 Å². The van der Waals surface area contributed by atoms with E-state index in [1.165, 1.54) is 12.3 Å². The Bertz CT molecular complexity index is 1280. The highest BCUT2D eigenvalue weighted by molar-refractivity contribution is 6.08. The van der Waals surface area contributed by atoms with E-state index in [4.69, 9.17) is 9.97 Å². The first-order chi connectivity index (χ1) is 17.4. The molecule has 3 aromatic rings. The molecule has 0 radical (unpaired) electrons. The molecule has 9 nitrogen and oxygen atoms in total. The van der Waals surface area contributed by atoms with Crippen LogP contribution in [0.15, 0.2) is 53.8 Å². The number of carbonyl (C=O) groups excluding carboxylic acids is 1. The molecule has 4 rings (SSSR count). The number of aromatic amines is 1. The van der Waals surface area contributed by atoms with Crippen molar-refractivity contribution in [1.29, 1.82) is 0 Å². The van der Waals surface area contributed by atoms with Gasteiger partial charge in [0, 0.05) is 56.6 Å². The number of aryl methyl sites for hydroxylation is 1. The first kappa shape index (κ1) is 25.2. The molecule has 36 heavy (non-hydrogen) atoms. The smallest absolute Gasteiger partial charge is 0.224 e. The number of pyridine rings is 1. The minimum Gasteiger partial charge on any atom is -0.354 e. The van der Waals surface area contributed by atoms with Crippen LogP contribution in [0.1, 0.15) is 42.1 Å². The Hall–Kier alpha value is -3.92. The maximum atomic E-state index is 13.9. The molecule has 0 amide bonds. The van der Waals surface area contributed by atoms with Crippen LogP contribution in [0.25, 0.3) is 0 Å². The molecule has 3 N–H and O–H groups in total. The van der Waals surface area contributed by atoms with Crippen molar-refractivity contribution >= 4 is 23.2 Å². The second-order valence-electron chi connectivity index (χ2n) is 8.70. The molecule has 3 aromatic heterocycles. The monoisotopic (exact) mass is 490 g/mol. The van der Waals surface area contributed by atoms with Crippen LogP contribution in [0, 0.1) is 12.9 Å². The van der Waals surface area contributed by atoms with Gasteiger partial charge in [-0.25, -0.2) is 15.0 Å². The van der Waals surface area contributed by atoms with Crippen LogP contribution in [0.3, 0.4) is 0 Å². The lowest BCUT2D eigenvalue weighted by Gasteiger charge is -2.29. The lowest BCUT2D eigenvalue weighted by molar-refractivity contribution is 0.103. The molecule has 0 unspecified atom stereocenters. The summed E-state index contributed by atoms with van der Waals surface area (Å²) in [5.41, 5.74) is 2.40. The first-order valence-corrected chi connectivity index (χ1v) is 12.1. The SMILES string of the molecule is CC/C(=C\C=C(/C)C(=O)c1cccnc1F)Cc1nc(Nc2cc(C)[nH]n2)cc(N2CCNCC2)n1. The van der Waals surface area contributed by atoms with Crippen molar-refractivity contribution in [3.63, 3.8) is 0 Å². The number of allylic oxidation sites excluding steroid dienone is 4. The van der Waals surface area contributed by atoms with Gasteiger partial charge < -0.3 is 15.5 Å². The number of rotatable bonds is 9. The fourth-order valence-electron chi connectivity index (χ4n) is 3.89. The van der Waals surface area contributed by atoms with E-state index in [1.807, 2.05) is 32.1 Å². The molecule has 0 bridgehead atoms. The van der Waals surface area contributed by atoms with Crippen LogP contribution in [-0.2, 0) is 6.42 Å². The second kappa shape index (κ2) is 11.7. The van der Waals surface area contributed by atoms with E-state index in [0.717, 1.165) is 49.7 Å². The third-order valence-corrected chi connectivity index (χ3v) is 5.93. The quantitative estimate of drug-likeness (QED) is 0.179. The number of H-pyrrole nitrogens is 1. The number of hydrogen-bond donors (Lipinski definition) is 3. The summed E-state index contributed by atoms with van der Waals surface area (Å²) < 4.78 is 13.9. The molecular formula is C26H31FN8O. The van der Waals surface area contributed by atoms with E-state index in [9.17, 15) is 9.18 Å². The van der Waals surface area contributed by atoms with Crippen molar-refractivity contribution in [2.24, 2.45) is 0 Å². The third-order valence-electron chi connectivity index (χ3n) is 5.93. The zero-order chi connectivity index (χ0) is 25.5. The topological polar surface area (TPSA) is 112 Å². The summed E-state index contributed by atoms with van der Waals surface area (Å²) in [6.07, 6.45) is 6.21. The average Bonchev–Trinajstić information content (AvgIpc) is 3.30. The van der Waals surface area contributed by atoms with Gasteiger partial charge in [0.1, 0.15) is 17.5 Å². The Balaban J connectivity index is 1.58. The molecule has 1 fully saturated rings. The predicted molar refractivity (Wildman–Crippen MR) is 138 cm³/mol. The first-order valence-electron chi connectivity index (χ1n) is 12.1. The van der Waals surface area contributed by atoms with Gasteiger partial charge >= 0.3 is 0 Å². The summed E-state index contributed by atoms with van der Waals surface area (Å²) in [6.45, 7) is 9.19. The number of anilines is 3. The van der Waals surface area contributed by atoms with Crippen LogP contribution in [0.4, 0.5) is 21.8 Å². The number of nitrogens with one attached hydrogen (secondary N) is 3. The number of hydrogen-bond acceptors (Lipinski definition) is 8. The summed E-state index contributed by atoms with van der Waals surface area (Å²) in [6, 6.07) is 6.85. The van der Waals surface area contributed by atoms with Gasteiger partial charge in [0.05, 0.1) is 5.56 Å². The van der Waals surface area contributed by atoms with Crippen molar-refractivity contribution < 1.29 is 9.18 Å². The minimum atomic E-state index is -0.764. The maximum absolute atomic E-state index is 13.9. The number of ketones is 1. The molecule has 1 aliphatic heterocycles. The highest BCUT2D eigenvalue weighted by atomic mass is 19.1. The number of aromatic nitrogens is 5. The Morgan fingerprint density at radius 3 is 2.69 bits per heavy atom. The molecule has 10 heteroatoms. The molecule has 1 aliphatic rings. The highest BCUT2D eigenvalue weighted by Gasteiger charge is 2.16. The van der Waals surface area contributed by atoms with Gasteiger partial charge in [-0.3, -0.25) is 9.89 Å². The minimum absolute atomic E-state index is 0.0333. The molecule has 1 saturated heterocycles. The summed E-state index contributed by atoms with van der Waals surface area (Å²) in [4.78, 5) is 28.0. The summed E-state index contributed by atoms with van der Waals surface area (Å²) in [7, 11) is 0. The molecule has 0 aliphatic carbocycles. The molecular weight excluding hydrogens is 459 g/mol. The Kier molecular flexibility index (Phi) is 8.17. The largest absolute Gasteiger partial charge is 0.354 e. The zero-order valence-corrected chi connectivity index (χ0v) is 20.8. The fourth-order valence-corrected chi connectivity index (χ4v) is 3.89. The molecule has 188 valence electrons. The van der Waals surface area contributed by atoms with Gasteiger partial charge in [0.25, 0.3) is 0 Å². The van der Waals surface area contributed by atoms with Crippen LogP contribution in [0.5, 0.6) is 0 Å². The second-order valence-corrected chi connectivity index (χ2v) is 8.70. The van der Waals surface area contributed by atoms with Gasteiger partial charge in [0.2, 0.25) is 5.95 Å². The van der Waals surface area contributed by atoms with Crippen LogP contribution in [0.2, 0.25) is 0 Å². The number of Topliss-reactive ketones (excluding diaryl/α,β-unsaturated/α-hetero) is 1. The van der Waals surface area contributed by atoms with E-state index >= 15 is 0 Å². The van der Waals surface area contributed by atoms with Crippen molar-refractivity contribution in [3.8, 4) is 0 Å². The van der Waals surface area contributed by atoms with Crippen LogP contribution >= 0.6 is 0 Å². The molecule has 0 saturated carbocycles. The van der Waals surface area contributed by atoms with E-state index in [1.54, 1.807) is 19.1 Å². The summed E-state index contributed by atoms with van der Waals surface area (Å²) >= 11 is 0. The predicted octanol–water partition coefficient (Wildman–Crippen LogP) is 3.90. The molecule has 0 atom stereocenters. The maximum Gasteiger partial charge on any atom is 0.224 e. The lowest BCUT2D eigenvalue weighted by Crippen LogP contribution is -2.44. The summed E-state index contributed by atoms with van der Waals surface area (Å²) in [5.74, 6) is 1.74. The third kappa shape index (κ3) is 6.39. The average molecular weight is 491 g/mol. The van der Waals surface area contributed by atoms with Crippen LogP contribution in [-0.4, -0.2) is 57.1 Å². The van der Waals surface area contributed by atoms with Crippen molar-refractivity contribution in [1.82, 2.24) is 30.5 Å². The van der Waals surface area contributed by atoms with E-state index in [-0.39, 0.29) is 11.3 Å². The van der Waals surface area contributed by atoms with Crippen molar-refractivity contribution in [2.75, 3.05) is 36.4 Å². The Morgan fingerprint density at radius 2 is 2.00 bits per heavy atom. The van der Waals surface area contributed by atoms with Gasteiger partial charge in [-0.2, -0.15) is 9.49 Å². The standard InChI is InChI=1S/C26H31FN8O/c1-4-19(8-7-17(2)25(36)20-6-5-9-29-26(20)27)15-21-30-22(31-23-14-18(3)33-34-23)16-24(32-21)35-12-10-28-11-13-35/h5-9,14,16,28H,4,10-13,15H2,1-3H3,(H2,30,31,32,33,34)/b17-7+,19-8+. The zero-order valence-electron chi connectivity index (χ0n) is 20.8. The van der Waals surface area contributed by atoms with Crippen molar-refractivity contribution in [2.45, 2.75) is 33.6 Å². The lowest BCUT2D eigenvalue weighted by atomic mass is 10.0. The van der Waals surface area contributed by atoms with Gasteiger partial charge in [-0.15, -0.1) is 0 Å². The fraction of sp³-hybridized carbons (Fsp3) is 0.346. The highest BCUT2D eigenvalue weighted by Crippen LogP contribution is 2.22. The Labute approximate surface area is 210 Å². The number of nitrogens with zero attached hydrogens (tertiary/aromatic N) is 5. The van der Waals surface area contributed by atoms with Gasteiger partial charge in [-0.1, -0.05) is 24.6 Å². The van der Waals surface area contributed by atoms with Crippen LogP contribution < -0.4 is 15.5 Å². The van der Waals surface area contributed by atoms with Gasteiger partial charge in [0.15, 0.2) is 11.6 Å². The van der Waals surface area contributed by atoms with Crippen molar-refractivity contribution in [3.05, 3.63) is 76.8 Å².